The summed E-state index contributed by atoms with van der Waals surface area (Å²) in [6.07, 6.45) is 0. The van der Waals surface area contributed by atoms with E-state index in [0.717, 1.165) is 6.07 Å². The number of hydrogen-bond acceptors (Lipinski definition) is 4. The molecule has 0 saturated carbocycles. The Labute approximate surface area is 102 Å². The van der Waals surface area contributed by atoms with E-state index in [1.165, 1.54) is 31.0 Å². The van der Waals surface area contributed by atoms with Crippen LogP contribution in [0.3, 0.4) is 0 Å². The molecular formula is C11H11FO4S. The highest BCUT2D eigenvalue weighted by molar-refractivity contribution is 7.99. The van der Waals surface area contributed by atoms with E-state index in [0.29, 0.717) is 0 Å². The van der Waals surface area contributed by atoms with Crippen LogP contribution in [0, 0.1) is 5.82 Å². The van der Waals surface area contributed by atoms with Gasteiger partial charge in [-0.25, -0.2) is 9.18 Å². The Hall–Kier alpha value is -1.56. The quantitative estimate of drug-likeness (QED) is 0.817. The summed E-state index contributed by atoms with van der Waals surface area (Å²) in [5, 5.41) is 8.75. The molecule has 0 bridgehead atoms. The van der Waals surface area contributed by atoms with Crippen LogP contribution in [0.5, 0.6) is 0 Å². The smallest absolute Gasteiger partial charge is 0.335 e. The topological polar surface area (TPSA) is 63.6 Å². The van der Waals surface area contributed by atoms with Crippen LogP contribution in [0.2, 0.25) is 0 Å². The SMILES string of the molecule is COC(=O)CSCc1cc(C(=O)O)ccc1F. The first-order chi connectivity index (χ1) is 8.04. The summed E-state index contributed by atoms with van der Waals surface area (Å²) in [6.45, 7) is 0. The molecule has 0 heterocycles. The number of hydrogen-bond donors (Lipinski definition) is 1. The van der Waals surface area contributed by atoms with Gasteiger partial charge in [0.15, 0.2) is 0 Å². The van der Waals surface area contributed by atoms with Gasteiger partial charge in [0.2, 0.25) is 0 Å². The number of carbonyl (C=O) groups is 2. The van der Waals surface area contributed by atoms with E-state index in [-0.39, 0.29) is 22.6 Å². The zero-order chi connectivity index (χ0) is 12.8. The summed E-state index contributed by atoms with van der Waals surface area (Å²) >= 11 is 1.17. The molecule has 1 rings (SSSR count). The molecule has 0 radical (unpaired) electrons. The number of halogens is 1. The van der Waals surface area contributed by atoms with E-state index in [2.05, 4.69) is 4.74 Å². The second-order valence-corrected chi connectivity index (χ2v) is 4.17. The molecule has 0 unspecified atom stereocenters. The first-order valence-corrected chi connectivity index (χ1v) is 5.86. The standard InChI is InChI=1S/C11H11FO4S/c1-16-10(13)6-17-5-8-4-7(11(14)15)2-3-9(8)12/h2-4H,5-6H2,1H3,(H,14,15). The fraction of sp³-hybridized carbons (Fsp3) is 0.273. The van der Waals surface area contributed by atoms with Crippen LogP contribution in [-0.4, -0.2) is 29.9 Å². The minimum absolute atomic E-state index is 0.0278. The second kappa shape index (κ2) is 6.24. The van der Waals surface area contributed by atoms with E-state index in [1.54, 1.807) is 0 Å². The van der Waals surface area contributed by atoms with Gasteiger partial charge < -0.3 is 9.84 Å². The van der Waals surface area contributed by atoms with Crippen LogP contribution in [0.15, 0.2) is 18.2 Å². The zero-order valence-corrected chi connectivity index (χ0v) is 9.92. The molecular weight excluding hydrogens is 247 g/mol. The lowest BCUT2D eigenvalue weighted by atomic mass is 10.1. The Morgan fingerprint density at radius 3 is 2.76 bits per heavy atom. The first kappa shape index (κ1) is 13.5. The summed E-state index contributed by atoms with van der Waals surface area (Å²) in [4.78, 5) is 21.5. The fourth-order valence-electron chi connectivity index (χ4n) is 1.12. The van der Waals surface area contributed by atoms with Gasteiger partial charge in [-0.3, -0.25) is 4.79 Å². The average Bonchev–Trinajstić information content (AvgIpc) is 2.30. The van der Waals surface area contributed by atoms with Crippen molar-refractivity contribution in [3.63, 3.8) is 0 Å². The van der Waals surface area contributed by atoms with Gasteiger partial charge in [-0.15, -0.1) is 11.8 Å². The number of thioether (sulfide) groups is 1. The fourth-order valence-corrected chi connectivity index (χ4v) is 1.95. The van der Waals surface area contributed by atoms with Crippen LogP contribution in [0.4, 0.5) is 4.39 Å². The van der Waals surface area contributed by atoms with Gasteiger partial charge in [0.05, 0.1) is 18.4 Å². The van der Waals surface area contributed by atoms with Crippen LogP contribution < -0.4 is 0 Å². The number of carboxylic acids is 1. The predicted molar refractivity (Wildman–Crippen MR) is 61.5 cm³/mol. The van der Waals surface area contributed by atoms with Crippen molar-refractivity contribution in [2.24, 2.45) is 0 Å². The summed E-state index contributed by atoms with van der Waals surface area (Å²) in [5.41, 5.74) is 0.291. The Morgan fingerprint density at radius 1 is 1.47 bits per heavy atom. The van der Waals surface area contributed by atoms with E-state index in [1.807, 2.05) is 0 Å². The highest BCUT2D eigenvalue weighted by Gasteiger charge is 2.09. The molecule has 1 aromatic carbocycles. The highest BCUT2D eigenvalue weighted by Crippen LogP contribution is 2.17. The summed E-state index contributed by atoms with van der Waals surface area (Å²) in [5.74, 6) is -1.66. The van der Waals surface area contributed by atoms with Crippen LogP contribution >= 0.6 is 11.8 Å². The molecule has 6 heteroatoms. The van der Waals surface area contributed by atoms with Gasteiger partial charge in [0.1, 0.15) is 5.82 Å². The van der Waals surface area contributed by atoms with Gasteiger partial charge in [0.25, 0.3) is 0 Å². The van der Waals surface area contributed by atoms with Gasteiger partial charge in [-0.1, -0.05) is 0 Å². The van der Waals surface area contributed by atoms with Gasteiger partial charge in [-0.05, 0) is 23.8 Å². The molecule has 17 heavy (non-hydrogen) atoms. The summed E-state index contributed by atoms with van der Waals surface area (Å²) in [7, 11) is 1.27. The zero-order valence-electron chi connectivity index (χ0n) is 9.10. The lowest BCUT2D eigenvalue weighted by Gasteiger charge is -2.04. The van der Waals surface area contributed by atoms with Crippen LogP contribution in [0.1, 0.15) is 15.9 Å². The van der Waals surface area contributed by atoms with Crippen molar-refractivity contribution < 1.29 is 23.8 Å². The molecule has 0 fully saturated rings. The van der Waals surface area contributed by atoms with E-state index >= 15 is 0 Å². The molecule has 1 aromatic rings. The minimum atomic E-state index is -1.11. The van der Waals surface area contributed by atoms with E-state index in [4.69, 9.17) is 5.11 Å². The number of ether oxygens (including phenoxy) is 1. The maximum absolute atomic E-state index is 13.3. The van der Waals surface area contributed by atoms with Crippen molar-refractivity contribution in [2.45, 2.75) is 5.75 Å². The lowest BCUT2D eigenvalue weighted by Crippen LogP contribution is -2.04. The highest BCUT2D eigenvalue weighted by atomic mass is 32.2. The van der Waals surface area contributed by atoms with E-state index < -0.39 is 17.8 Å². The van der Waals surface area contributed by atoms with Crippen molar-refractivity contribution in [1.29, 1.82) is 0 Å². The first-order valence-electron chi connectivity index (χ1n) is 4.71. The van der Waals surface area contributed by atoms with Crippen LogP contribution in [0.25, 0.3) is 0 Å². The molecule has 0 aliphatic rings. The molecule has 0 atom stereocenters. The minimum Gasteiger partial charge on any atom is -0.478 e. The Kier molecular flexibility index (Phi) is 4.96. The third-order valence-electron chi connectivity index (χ3n) is 2.00. The van der Waals surface area contributed by atoms with E-state index in [9.17, 15) is 14.0 Å². The molecule has 0 saturated heterocycles. The number of esters is 1. The van der Waals surface area contributed by atoms with Gasteiger partial charge >= 0.3 is 11.9 Å². The van der Waals surface area contributed by atoms with Crippen LogP contribution in [-0.2, 0) is 15.3 Å². The molecule has 0 aliphatic heterocycles. The largest absolute Gasteiger partial charge is 0.478 e. The molecule has 1 N–H and O–H groups in total. The molecule has 0 amide bonds. The maximum Gasteiger partial charge on any atom is 0.335 e. The number of benzene rings is 1. The summed E-state index contributed by atoms with van der Waals surface area (Å²) in [6, 6.07) is 3.57. The van der Waals surface area contributed by atoms with Gasteiger partial charge in [0, 0.05) is 5.75 Å². The Balaban J connectivity index is 2.66. The van der Waals surface area contributed by atoms with Crippen molar-refractivity contribution in [2.75, 3.05) is 12.9 Å². The monoisotopic (exact) mass is 258 g/mol. The summed E-state index contributed by atoms with van der Waals surface area (Å²) < 4.78 is 17.7. The van der Waals surface area contributed by atoms with Crippen molar-refractivity contribution in [3.8, 4) is 0 Å². The molecule has 0 aromatic heterocycles. The second-order valence-electron chi connectivity index (χ2n) is 3.18. The Morgan fingerprint density at radius 2 is 2.18 bits per heavy atom. The van der Waals surface area contributed by atoms with Crippen molar-refractivity contribution >= 4 is 23.7 Å². The maximum atomic E-state index is 13.3. The molecule has 4 nitrogen and oxygen atoms in total. The number of aromatic carboxylic acids is 1. The third kappa shape index (κ3) is 4.07. The number of carbonyl (C=O) groups excluding carboxylic acids is 1. The predicted octanol–water partition coefficient (Wildman–Crippen LogP) is 1.93. The molecule has 0 aliphatic carbocycles. The van der Waals surface area contributed by atoms with Crippen molar-refractivity contribution in [1.82, 2.24) is 0 Å². The number of carboxylic acid groups (broad SMARTS) is 1. The number of methoxy groups -OCH3 is 1. The normalized spacial score (nSPS) is 10.0. The Bertz CT molecular complexity index is 433. The average molecular weight is 258 g/mol. The number of rotatable bonds is 5. The van der Waals surface area contributed by atoms with Gasteiger partial charge in [-0.2, -0.15) is 0 Å². The lowest BCUT2D eigenvalue weighted by molar-refractivity contribution is -0.137. The van der Waals surface area contributed by atoms with Crippen molar-refractivity contribution in [3.05, 3.63) is 35.1 Å². The third-order valence-corrected chi connectivity index (χ3v) is 2.95. The molecule has 92 valence electrons. The molecule has 0 spiro atoms.